The van der Waals surface area contributed by atoms with Crippen molar-refractivity contribution in [2.75, 3.05) is 50.8 Å². The van der Waals surface area contributed by atoms with Crippen molar-refractivity contribution in [2.45, 2.75) is 32.2 Å². The van der Waals surface area contributed by atoms with E-state index in [0.717, 1.165) is 49.8 Å². The standard InChI is InChI=1S/C23H32N4OS/c1-2-4-10-26(9-3-1)11-14-28-23-6-5-20(22-18-24-7-8-25-22)17-21(23)19-27-12-15-29-16-13-27/h5-8,17-18H,1-4,9-16,19H2. The van der Waals surface area contributed by atoms with Crippen molar-refractivity contribution in [1.29, 1.82) is 0 Å². The molecule has 0 N–H and O–H groups in total. The predicted octanol–water partition coefficient (Wildman–Crippen LogP) is 3.95. The quantitative estimate of drug-likeness (QED) is 0.686. The van der Waals surface area contributed by atoms with E-state index in [9.17, 15) is 0 Å². The summed E-state index contributed by atoms with van der Waals surface area (Å²) in [4.78, 5) is 13.8. The Bertz CT molecular complexity index is 744. The minimum Gasteiger partial charge on any atom is -0.492 e. The van der Waals surface area contributed by atoms with Gasteiger partial charge in [-0.2, -0.15) is 11.8 Å². The lowest BCUT2D eigenvalue weighted by atomic mass is 10.1. The van der Waals surface area contributed by atoms with Gasteiger partial charge in [-0.05, 0) is 44.1 Å². The molecule has 2 aromatic rings. The van der Waals surface area contributed by atoms with E-state index in [1.54, 1.807) is 12.4 Å². The third kappa shape index (κ3) is 6.17. The van der Waals surface area contributed by atoms with E-state index < -0.39 is 0 Å². The van der Waals surface area contributed by atoms with Gasteiger partial charge in [0.1, 0.15) is 12.4 Å². The molecule has 2 aliphatic heterocycles. The molecule has 0 atom stereocenters. The normalized spacial score (nSPS) is 19.0. The van der Waals surface area contributed by atoms with Gasteiger partial charge in [-0.3, -0.25) is 19.8 Å². The highest BCUT2D eigenvalue weighted by atomic mass is 32.2. The molecule has 0 bridgehead atoms. The summed E-state index contributed by atoms with van der Waals surface area (Å²) in [7, 11) is 0. The van der Waals surface area contributed by atoms with E-state index in [4.69, 9.17) is 4.74 Å². The minimum absolute atomic E-state index is 0.757. The van der Waals surface area contributed by atoms with Gasteiger partial charge in [-0.15, -0.1) is 0 Å². The van der Waals surface area contributed by atoms with Crippen LogP contribution in [0.25, 0.3) is 11.3 Å². The number of benzene rings is 1. The van der Waals surface area contributed by atoms with Crippen molar-refractivity contribution in [2.24, 2.45) is 0 Å². The Morgan fingerprint density at radius 2 is 1.76 bits per heavy atom. The van der Waals surface area contributed by atoms with Crippen molar-refractivity contribution < 1.29 is 4.74 Å². The average Bonchev–Trinajstić information content (AvgIpc) is 3.05. The maximum atomic E-state index is 6.30. The highest BCUT2D eigenvalue weighted by Crippen LogP contribution is 2.27. The van der Waals surface area contributed by atoms with Gasteiger partial charge in [-0.1, -0.05) is 12.8 Å². The Balaban J connectivity index is 1.45. The zero-order chi connectivity index (χ0) is 19.7. The molecule has 6 heteroatoms. The van der Waals surface area contributed by atoms with Crippen LogP contribution >= 0.6 is 11.8 Å². The summed E-state index contributed by atoms with van der Waals surface area (Å²) in [5.74, 6) is 3.45. The van der Waals surface area contributed by atoms with E-state index in [-0.39, 0.29) is 0 Å². The molecule has 29 heavy (non-hydrogen) atoms. The molecule has 0 amide bonds. The lowest BCUT2D eigenvalue weighted by molar-refractivity contribution is 0.210. The first-order valence-electron chi connectivity index (χ1n) is 10.9. The SMILES string of the molecule is c1cnc(-c2ccc(OCCN3CCCCCC3)c(CN3CCSCC3)c2)cn1. The zero-order valence-corrected chi connectivity index (χ0v) is 18.1. The Hall–Kier alpha value is -1.63. The molecule has 0 spiro atoms. The number of hydrogen-bond donors (Lipinski definition) is 0. The Labute approximate surface area is 178 Å². The summed E-state index contributed by atoms with van der Waals surface area (Å²) in [6.07, 6.45) is 10.7. The van der Waals surface area contributed by atoms with Gasteiger partial charge < -0.3 is 4.74 Å². The lowest BCUT2D eigenvalue weighted by Crippen LogP contribution is -2.32. The predicted molar refractivity (Wildman–Crippen MR) is 120 cm³/mol. The molecule has 0 unspecified atom stereocenters. The monoisotopic (exact) mass is 412 g/mol. The van der Waals surface area contributed by atoms with Crippen LogP contribution in [0.1, 0.15) is 31.2 Å². The number of rotatable bonds is 7. The highest BCUT2D eigenvalue weighted by molar-refractivity contribution is 7.99. The maximum Gasteiger partial charge on any atom is 0.123 e. The molecule has 0 radical (unpaired) electrons. The first-order valence-corrected chi connectivity index (χ1v) is 12.1. The van der Waals surface area contributed by atoms with Gasteiger partial charge in [0.2, 0.25) is 0 Å². The van der Waals surface area contributed by atoms with Crippen LogP contribution in [0.4, 0.5) is 0 Å². The lowest BCUT2D eigenvalue weighted by Gasteiger charge is -2.27. The van der Waals surface area contributed by atoms with Gasteiger partial charge in [0.25, 0.3) is 0 Å². The summed E-state index contributed by atoms with van der Waals surface area (Å²) in [6, 6.07) is 6.48. The molecule has 5 nitrogen and oxygen atoms in total. The number of aromatic nitrogens is 2. The van der Waals surface area contributed by atoms with E-state index >= 15 is 0 Å². The fourth-order valence-corrected chi connectivity index (χ4v) is 5.07. The molecule has 0 saturated carbocycles. The second-order valence-corrected chi connectivity index (χ2v) is 9.13. The number of nitrogens with zero attached hydrogens (tertiary/aromatic N) is 4. The smallest absolute Gasteiger partial charge is 0.123 e. The van der Waals surface area contributed by atoms with Gasteiger partial charge in [0, 0.05) is 61.2 Å². The summed E-state index contributed by atoms with van der Waals surface area (Å²) >= 11 is 2.05. The van der Waals surface area contributed by atoms with E-state index in [2.05, 4.69) is 38.0 Å². The largest absolute Gasteiger partial charge is 0.492 e. The summed E-state index contributed by atoms with van der Waals surface area (Å²) in [5, 5.41) is 0. The highest BCUT2D eigenvalue weighted by Gasteiger charge is 2.15. The first kappa shape index (κ1) is 20.6. The number of thioether (sulfide) groups is 1. The van der Waals surface area contributed by atoms with Crippen LogP contribution in [-0.2, 0) is 6.54 Å². The van der Waals surface area contributed by atoms with Crippen LogP contribution < -0.4 is 4.74 Å². The second-order valence-electron chi connectivity index (χ2n) is 7.91. The zero-order valence-electron chi connectivity index (χ0n) is 17.3. The van der Waals surface area contributed by atoms with Gasteiger partial charge in [0.05, 0.1) is 11.9 Å². The van der Waals surface area contributed by atoms with Crippen LogP contribution in [-0.4, -0.2) is 70.6 Å². The summed E-state index contributed by atoms with van der Waals surface area (Å²) < 4.78 is 6.30. The average molecular weight is 413 g/mol. The molecule has 2 fully saturated rings. The molecule has 4 rings (SSSR count). The minimum atomic E-state index is 0.757. The molecule has 1 aromatic heterocycles. The van der Waals surface area contributed by atoms with Crippen molar-refractivity contribution in [3.63, 3.8) is 0 Å². The van der Waals surface area contributed by atoms with E-state index in [1.165, 1.54) is 55.8 Å². The van der Waals surface area contributed by atoms with Crippen molar-refractivity contribution >= 4 is 11.8 Å². The van der Waals surface area contributed by atoms with E-state index in [0.29, 0.717) is 0 Å². The topological polar surface area (TPSA) is 41.5 Å². The molecule has 156 valence electrons. The van der Waals surface area contributed by atoms with Crippen molar-refractivity contribution in [3.8, 4) is 17.0 Å². The molecule has 2 saturated heterocycles. The van der Waals surface area contributed by atoms with Crippen molar-refractivity contribution in [1.82, 2.24) is 19.8 Å². The molecular formula is C23H32N4OS. The third-order valence-corrected chi connectivity index (χ3v) is 6.72. The number of hydrogen-bond acceptors (Lipinski definition) is 6. The maximum absolute atomic E-state index is 6.30. The number of likely N-dealkylation sites (tertiary alicyclic amines) is 1. The summed E-state index contributed by atoms with van der Waals surface area (Å²) in [6.45, 7) is 7.44. The third-order valence-electron chi connectivity index (χ3n) is 5.78. The van der Waals surface area contributed by atoms with E-state index in [1.807, 2.05) is 18.0 Å². The Morgan fingerprint density at radius 1 is 0.931 bits per heavy atom. The first-order chi connectivity index (χ1) is 14.4. The summed E-state index contributed by atoms with van der Waals surface area (Å²) in [5.41, 5.74) is 3.29. The van der Waals surface area contributed by atoms with Gasteiger partial charge in [-0.25, -0.2) is 0 Å². The van der Waals surface area contributed by atoms with Gasteiger partial charge >= 0.3 is 0 Å². The van der Waals surface area contributed by atoms with Crippen LogP contribution in [0, 0.1) is 0 Å². The van der Waals surface area contributed by atoms with Gasteiger partial charge in [0.15, 0.2) is 0 Å². The van der Waals surface area contributed by atoms with Crippen LogP contribution in [0.3, 0.4) is 0 Å². The second kappa shape index (κ2) is 11.0. The molecular weight excluding hydrogens is 380 g/mol. The Kier molecular flexibility index (Phi) is 7.79. The fourth-order valence-electron chi connectivity index (χ4n) is 4.10. The van der Waals surface area contributed by atoms with Crippen LogP contribution in [0.2, 0.25) is 0 Å². The molecule has 2 aliphatic rings. The molecule has 0 aliphatic carbocycles. The van der Waals surface area contributed by atoms with Crippen molar-refractivity contribution in [3.05, 3.63) is 42.4 Å². The molecule has 1 aromatic carbocycles. The molecule has 3 heterocycles. The van der Waals surface area contributed by atoms with Crippen LogP contribution in [0.5, 0.6) is 5.75 Å². The number of ether oxygens (including phenoxy) is 1. The fraction of sp³-hybridized carbons (Fsp3) is 0.565. The van der Waals surface area contributed by atoms with Crippen LogP contribution in [0.15, 0.2) is 36.8 Å². The Morgan fingerprint density at radius 3 is 2.52 bits per heavy atom.